The second-order valence-corrected chi connectivity index (χ2v) is 11.2. The van der Waals surface area contributed by atoms with Gasteiger partial charge in [-0.05, 0) is 38.1 Å². The van der Waals surface area contributed by atoms with E-state index in [-0.39, 0.29) is 17.3 Å². The van der Waals surface area contributed by atoms with Gasteiger partial charge in [0, 0.05) is 44.1 Å². The van der Waals surface area contributed by atoms with Crippen LogP contribution >= 0.6 is 0 Å². The van der Waals surface area contributed by atoms with Crippen LogP contribution in [0.1, 0.15) is 29.9 Å². The van der Waals surface area contributed by atoms with E-state index in [0.717, 1.165) is 50.0 Å². The van der Waals surface area contributed by atoms with Crippen LogP contribution in [0.15, 0.2) is 55.3 Å². The average Bonchev–Trinajstić information content (AvgIpc) is 2.94. The predicted molar refractivity (Wildman–Crippen MR) is 160 cm³/mol. The highest BCUT2D eigenvalue weighted by atomic mass is 16.5. The monoisotopic (exact) mass is 572 g/mol. The Morgan fingerprint density at radius 2 is 2.00 bits per heavy atom. The van der Waals surface area contributed by atoms with Crippen LogP contribution in [0.25, 0.3) is 0 Å². The van der Waals surface area contributed by atoms with Gasteiger partial charge < -0.3 is 35.4 Å². The zero-order valence-corrected chi connectivity index (χ0v) is 23.8. The molecule has 3 aliphatic rings. The van der Waals surface area contributed by atoms with Gasteiger partial charge in [0.1, 0.15) is 35.2 Å². The third kappa shape index (κ3) is 5.87. The number of anilines is 5. The molecule has 3 aliphatic heterocycles. The van der Waals surface area contributed by atoms with Crippen molar-refractivity contribution in [3.8, 4) is 5.75 Å². The first-order valence-corrected chi connectivity index (χ1v) is 14.1. The van der Waals surface area contributed by atoms with E-state index in [0.29, 0.717) is 42.7 Å². The number of nitrogens with zero attached hydrogens (tertiary/aromatic N) is 5. The maximum atomic E-state index is 12.9. The van der Waals surface area contributed by atoms with Gasteiger partial charge in [-0.2, -0.15) is 4.98 Å². The molecule has 6 rings (SSSR count). The van der Waals surface area contributed by atoms with Gasteiger partial charge in [0.25, 0.3) is 5.91 Å². The summed E-state index contributed by atoms with van der Waals surface area (Å²) in [5.74, 6) is 1.44. The summed E-state index contributed by atoms with van der Waals surface area (Å²) in [6.45, 7) is 12.5. The number of carbonyl (C=O) groups is 1. The van der Waals surface area contributed by atoms with Crippen LogP contribution in [0.5, 0.6) is 5.75 Å². The summed E-state index contributed by atoms with van der Waals surface area (Å²) < 4.78 is 11.6. The number of aliphatic hydroxyl groups is 1. The molecule has 1 amide bonds. The number of benzene rings is 1. The largest absolute Gasteiger partial charge is 0.489 e. The Bertz CT molecular complexity index is 1470. The Labute approximate surface area is 244 Å². The van der Waals surface area contributed by atoms with Crippen LogP contribution in [-0.2, 0) is 10.3 Å². The Kier molecular flexibility index (Phi) is 7.67. The van der Waals surface area contributed by atoms with E-state index in [2.05, 4.69) is 53.3 Å². The van der Waals surface area contributed by atoms with Crippen LogP contribution in [-0.4, -0.2) is 88.9 Å². The van der Waals surface area contributed by atoms with Gasteiger partial charge in [-0.25, -0.2) is 9.97 Å². The number of hydrogen-bond donors (Lipinski definition) is 4. The normalized spacial score (nSPS) is 18.6. The Morgan fingerprint density at radius 3 is 2.76 bits per heavy atom. The maximum absolute atomic E-state index is 12.9. The number of aromatic nitrogens is 3. The molecular weight excluding hydrogens is 536 g/mol. The van der Waals surface area contributed by atoms with E-state index < -0.39 is 5.60 Å². The number of nitrogens with one attached hydrogen (secondary N) is 3. The number of carbonyl (C=O) groups excluding carboxylic acids is 1. The van der Waals surface area contributed by atoms with Crippen molar-refractivity contribution in [2.24, 2.45) is 0 Å². The SMILES string of the molecule is C=CCNC(=O)c1cnc(Nc2ccc3c(c2)OCC2CN(C4COC4)CCN32)nc1Nc1cccc(C(C)(C)O)n1. The molecule has 1 atom stereocenters. The third-order valence-electron chi connectivity index (χ3n) is 7.67. The van der Waals surface area contributed by atoms with Crippen LogP contribution in [0.2, 0.25) is 0 Å². The lowest BCUT2D eigenvalue weighted by atomic mass is 10.1. The summed E-state index contributed by atoms with van der Waals surface area (Å²) in [6.07, 6.45) is 3.06. The molecule has 2 fully saturated rings. The summed E-state index contributed by atoms with van der Waals surface area (Å²) in [4.78, 5) is 31.3. The van der Waals surface area contributed by atoms with Crippen molar-refractivity contribution < 1.29 is 19.4 Å². The number of ether oxygens (including phenoxy) is 2. The number of fused-ring (bicyclic) bond motifs is 3. The van der Waals surface area contributed by atoms with Crippen LogP contribution in [0, 0.1) is 0 Å². The molecule has 2 aromatic heterocycles. The van der Waals surface area contributed by atoms with E-state index in [1.54, 1.807) is 38.1 Å². The molecule has 12 nitrogen and oxygen atoms in total. The summed E-state index contributed by atoms with van der Waals surface area (Å²) in [5.41, 5.74) is 1.43. The molecule has 0 spiro atoms. The fourth-order valence-corrected chi connectivity index (χ4v) is 5.29. The molecule has 5 heterocycles. The van der Waals surface area contributed by atoms with Gasteiger partial charge in [-0.1, -0.05) is 12.1 Å². The summed E-state index contributed by atoms with van der Waals surface area (Å²) in [5, 5.41) is 19.5. The summed E-state index contributed by atoms with van der Waals surface area (Å²) in [7, 11) is 0. The molecular formula is C30H36N8O4. The van der Waals surface area contributed by atoms with Crippen molar-refractivity contribution >= 4 is 34.9 Å². The minimum Gasteiger partial charge on any atom is -0.489 e. The van der Waals surface area contributed by atoms with Crippen molar-refractivity contribution in [2.45, 2.75) is 31.5 Å². The van der Waals surface area contributed by atoms with E-state index in [4.69, 9.17) is 9.47 Å². The fraction of sp³-hybridized carbons (Fsp3) is 0.400. The molecule has 220 valence electrons. The average molecular weight is 573 g/mol. The van der Waals surface area contributed by atoms with Crippen molar-refractivity contribution in [1.82, 2.24) is 25.2 Å². The first-order valence-electron chi connectivity index (χ1n) is 14.1. The minimum atomic E-state index is -1.13. The van der Waals surface area contributed by atoms with Gasteiger partial charge in [0.15, 0.2) is 0 Å². The number of rotatable bonds is 9. The third-order valence-corrected chi connectivity index (χ3v) is 7.67. The van der Waals surface area contributed by atoms with Crippen molar-refractivity contribution in [2.75, 3.05) is 61.5 Å². The maximum Gasteiger partial charge on any atom is 0.256 e. The van der Waals surface area contributed by atoms with Gasteiger partial charge in [0.05, 0.1) is 36.7 Å². The van der Waals surface area contributed by atoms with Crippen LogP contribution < -0.4 is 25.6 Å². The number of piperazine rings is 1. The Hall–Kier alpha value is -4.26. The molecule has 0 aliphatic carbocycles. The zero-order valence-electron chi connectivity index (χ0n) is 23.8. The molecule has 1 aromatic carbocycles. The molecule has 0 radical (unpaired) electrons. The van der Waals surface area contributed by atoms with Gasteiger partial charge in [-0.3, -0.25) is 9.69 Å². The highest BCUT2D eigenvalue weighted by molar-refractivity contribution is 5.99. The topological polar surface area (TPSA) is 137 Å². The quantitative estimate of drug-likeness (QED) is 0.282. The molecule has 4 N–H and O–H groups in total. The van der Waals surface area contributed by atoms with E-state index in [1.807, 2.05) is 12.1 Å². The summed E-state index contributed by atoms with van der Waals surface area (Å²) in [6, 6.07) is 12.1. The number of pyridine rings is 1. The summed E-state index contributed by atoms with van der Waals surface area (Å²) >= 11 is 0. The fourth-order valence-electron chi connectivity index (χ4n) is 5.29. The standard InChI is InChI=1S/C30H36N8O4/c1-4-10-31-28(39)22-14-32-29(36-27(22)35-26-7-5-6-25(34-26)30(2,3)40)33-19-8-9-23-24(13-19)42-18-20-15-37(11-12-38(20)23)21-16-41-17-21/h4-9,13-14,20-21,40H,1,10-12,15-18H2,2-3H3,(H,31,39)(H2,32,33,34,35,36). The van der Waals surface area contributed by atoms with E-state index in [9.17, 15) is 9.90 Å². The predicted octanol–water partition coefficient (Wildman–Crippen LogP) is 2.78. The molecule has 42 heavy (non-hydrogen) atoms. The lowest BCUT2D eigenvalue weighted by molar-refractivity contribution is -0.0715. The van der Waals surface area contributed by atoms with Crippen LogP contribution in [0.3, 0.4) is 0 Å². The van der Waals surface area contributed by atoms with Crippen molar-refractivity contribution in [3.05, 3.63) is 66.5 Å². The highest BCUT2D eigenvalue weighted by Gasteiger charge is 2.37. The van der Waals surface area contributed by atoms with Gasteiger partial charge >= 0.3 is 0 Å². The van der Waals surface area contributed by atoms with Gasteiger partial charge in [-0.15, -0.1) is 6.58 Å². The van der Waals surface area contributed by atoms with Crippen LogP contribution in [0.4, 0.5) is 29.0 Å². The van der Waals surface area contributed by atoms with Gasteiger partial charge in [0.2, 0.25) is 5.95 Å². The second-order valence-electron chi connectivity index (χ2n) is 11.2. The Balaban J connectivity index is 1.22. The molecule has 1 unspecified atom stereocenters. The highest BCUT2D eigenvalue weighted by Crippen LogP contribution is 2.38. The smallest absolute Gasteiger partial charge is 0.256 e. The molecule has 12 heteroatoms. The first-order chi connectivity index (χ1) is 20.3. The molecule has 3 aromatic rings. The molecule has 2 saturated heterocycles. The number of amides is 1. The molecule has 0 bridgehead atoms. The lowest BCUT2D eigenvalue weighted by Crippen LogP contribution is -2.62. The first kappa shape index (κ1) is 27.9. The lowest BCUT2D eigenvalue weighted by Gasteiger charge is -2.49. The minimum absolute atomic E-state index is 0.241. The Morgan fingerprint density at radius 1 is 1.14 bits per heavy atom. The van der Waals surface area contributed by atoms with E-state index >= 15 is 0 Å². The van der Waals surface area contributed by atoms with Crippen molar-refractivity contribution in [1.29, 1.82) is 0 Å². The molecule has 0 saturated carbocycles. The number of hydrogen-bond acceptors (Lipinski definition) is 11. The zero-order chi connectivity index (χ0) is 29.3. The van der Waals surface area contributed by atoms with Crippen molar-refractivity contribution in [3.63, 3.8) is 0 Å². The second kappa shape index (κ2) is 11.6. The van der Waals surface area contributed by atoms with E-state index in [1.165, 1.54) is 6.20 Å².